The molecule has 0 aromatic heterocycles. The van der Waals surface area contributed by atoms with Gasteiger partial charge in [0.05, 0.1) is 5.54 Å². The summed E-state index contributed by atoms with van der Waals surface area (Å²) in [5, 5.41) is 3.75. The molecule has 0 saturated carbocycles. The third-order valence-corrected chi connectivity index (χ3v) is 5.22. The van der Waals surface area contributed by atoms with Crippen LogP contribution in [0.15, 0.2) is 30.3 Å². The van der Waals surface area contributed by atoms with Gasteiger partial charge in [-0.25, -0.2) is 0 Å². The third-order valence-electron chi connectivity index (χ3n) is 5.22. The molecule has 1 aliphatic rings. The molecule has 1 N–H and O–H groups in total. The number of hydrogen-bond acceptors (Lipinski definition) is 2. The minimum Gasteiger partial charge on any atom is -0.308 e. The van der Waals surface area contributed by atoms with E-state index >= 15 is 0 Å². The summed E-state index contributed by atoms with van der Waals surface area (Å²) < 4.78 is 0. The van der Waals surface area contributed by atoms with E-state index in [0.29, 0.717) is 0 Å². The first kappa shape index (κ1) is 16.5. The van der Waals surface area contributed by atoms with Crippen LogP contribution in [0.2, 0.25) is 0 Å². The van der Waals surface area contributed by atoms with Crippen molar-refractivity contribution in [1.82, 2.24) is 10.2 Å². The summed E-state index contributed by atoms with van der Waals surface area (Å²) in [4.78, 5) is 2.72. The zero-order chi connectivity index (χ0) is 15.5. The Morgan fingerprint density at radius 2 is 1.71 bits per heavy atom. The van der Waals surface area contributed by atoms with Crippen LogP contribution >= 0.6 is 0 Å². The molecule has 2 rings (SSSR count). The van der Waals surface area contributed by atoms with Gasteiger partial charge in [0.1, 0.15) is 0 Å². The average molecular weight is 288 g/mol. The summed E-state index contributed by atoms with van der Waals surface area (Å²) in [6, 6.07) is 11.0. The highest BCUT2D eigenvalue weighted by Crippen LogP contribution is 2.34. The smallest absolute Gasteiger partial charge is 0.0558 e. The molecule has 0 bridgehead atoms. The second-order valence-electron chi connectivity index (χ2n) is 7.44. The summed E-state index contributed by atoms with van der Waals surface area (Å²) >= 11 is 0. The van der Waals surface area contributed by atoms with E-state index in [-0.39, 0.29) is 11.1 Å². The zero-order valence-corrected chi connectivity index (χ0v) is 14.4. The predicted molar refractivity (Wildman–Crippen MR) is 91.5 cm³/mol. The van der Waals surface area contributed by atoms with Crippen molar-refractivity contribution in [3.8, 4) is 0 Å². The van der Waals surface area contributed by atoms with Crippen molar-refractivity contribution in [2.24, 2.45) is 5.92 Å². The van der Waals surface area contributed by atoms with Crippen molar-refractivity contribution in [3.63, 3.8) is 0 Å². The average Bonchev–Trinajstić information content (AvgIpc) is 2.49. The van der Waals surface area contributed by atoms with Gasteiger partial charge in [0.15, 0.2) is 0 Å². The van der Waals surface area contributed by atoms with E-state index in [1.165, 1.54) is 24.9 Å². The molecule has 1 heterocycles. The van der Waals surface area contributed by atoms with Crippen LogP contribution in [0, 0.1) is 5.92 Å². The van der Waals surface area contributed by atoms with Crippen LogP contribution < -0.4 is 5.32 Å². The van der Waals surface area contributed by atoms with Gasteiger partial charge in [-0.3, -0.25) is 4.90 Å². The number of hydrogen-bond donors (Lipinski definition) is 1. The highest BCUT2D eigenvalue weighted by atomic mass is 15.3. The van der Waals surface area contributed by atoms with Gasteiger partial charge in [0.25, 0.3) is 0 Å². The molecule has 0 aliphatic carbocycles. The Balaban J connectivity index is 2.28. The predicted octanol–water partition coefficient (Wildman–Crippen LogP) is 4.02. The van der Waals surface area contributed by atoms with Crippen LogP contribution in [-0.2, 0) is 5.54 Å². The molecule has 1 unspecified atom stereocenters. The molecule has 0 amide bonds. The summed E-state index contributed by atoms with van der Waals surface area (Å²) in [5.74, 6) is 0.793. The van der Waals surface area contributed by atoms with Gasteiger partial charge >= 0.3 is 0 Å². The van der Waals surface area contributed by atoms with Crippen molar-refractivity contribution >= 4 is 0 Å². The quantitative estimate of drug-likeness (QED) is 0.880. The van der Waals surface area contributed by atoms with Crippen molar-refractivity contribution in [2.45, 2.75) is 58.5 Å². The molecular formula is C19H32N2. The topological polar surface area (TPSA) is 15.3 Å². The number of nitrogens with one attached hydrogen (secondary N) is 1. The van der Waals surface area contributed by atoms with Gasteiger partial charge in [-0.1, -0.05) is 57.0 Å². The lowest BCUT2D eigenvalue weighted by atomic mass is 9.83. The van der Waals surface area contributed by atoms with E-state index in [0.717, 1.165) is 19.0 Å². The lowest BCUT2D eigenvalue weighted by molar-refractivity contribution is 0.0107. The number of piperazine rings is 1. The maximum Gasteiger partial charge on any atom is 0.0558 e. The monoisotopic (exact) mass is 288 g/mol. The second-order valence-corrected chi connectivity index (χ2v) is 7.44. The van der Waals surface area contributed by atoms with Crippen LogP contribution in [-0.4, -0.2) is 30.1 Å². The summed E-state index contributed by atoms with van der Waals surface area (Å²) in [5.41, 5.74) is 1.72. The summed E-state index contributed by atoms with van der Waals surface area (Å²) in [6.45, 7) is 15.0. The molecule has 0 radical (unpaired) electrons. The Morgan fingerprint density at radius 1 is 1.10 bits per heavy atom. The number of benzene rings is 1. The van der Waals surface area contributed by atoms with E-state index < -0.39 is 0 Å². The minimum absolute atomic E-state index is 0.0966. The first-order chi connectivity index (χ1) is 9.91. The molecule has 2 heteroatoms. The molecule has 0 spiro atoms. The Morgan fingerprint density at radius 3 is 2.29 bits per heavy atom. The van der Waals surface area contributed by atoms with E-state index in [2.05, 4.69) is 75.2 Å². The van der Waals surface area contributed by atoms with Gasteiger partial charge in [0.2, 0.25) is 0 Å². The fourth-order valence-corrected chi connectivity index (χ4v) is 3.44. The van der Waals surface area contributed by atoms with Crippen LogP contribution in [0.3, 0.4) is 0 Å². The maximum atomic E-state index is 3.75. The molecule has 21 heavy (non-hydrogen) atoms. The lowest BCUT2D eigenvalue weighted by Gasteiger charge is -2.52. The van der Waals surface area contributed by atoms with Gasteiger partial charge < -0.3 is 5.32 Å². The van der Waals surface area contributed by atoms with Crippen molar-refractivity contribution in [1.29, 1.82) is 0 Å². The van der Waals surface area contributed by atoms with E-state index in [1.54, 1.807) is 0 Å². The van der Waals surface area contributed by atoms with Gasteiger partial charge in [-0.05, 0) is 32.3 Å². The number of nitrogens with zero attached hydrogens (tertiary/aromatic N) is 1. The second kappa shape index (κ2) is 6.50. The van der Waals surface area contributed by atoms with E-state index in [9.17, 15) is 0 Å². The van der Waals surface area contributed by atoms with Gasteiger partial charge in [-0.2, -0.15) is 0 Å². The van der Waals surface area contributed by atoms with Crippen LogP contribution in [0.5, 0.6) is 0 Å². The minimum atomic E-state index is 0.0966. The fourth-order valence-electron chi connectivity index (χ4n) is 3.44. The standard InChI is InChI=1S/C19H32N2/c1-6-16(7-2)13-21-15-18(3,4)20-14-19(21,5)17-11-9-8-10-12-17/h8-12,16,20H,6-7,13-15H2,1-5H3. The molecular weight excluding hydrogens is 256 g/mol. The molecule has 1 saturated heterocycles. The normalized spacial score (nSPS) is 26.2. The zero-order valence-electron chi connectivity index (χ0n) is 14.4. The van der Waals surface area contributed by atoms with Crippen LogP contribution in [0.4, 0.5) is 0 Å². The van der Waals surface area contributed by atoms with Crippen LogP contribution in [0.1, 0.15) is 53.0 Å². The molecule has 1 atom stereocenters. The van der Waals surface area contributed by atoms with Gasteiger partial charge in [0, 0.05) is 25.2 Å². The Bertz CT molecular complexity index is 436. The number of rotatable bonds is 5. The largest absolute Gasteiger partial charge is 0.308 e. The molecule has 2 nitrogen and oxygen atoms in total. The summed E-state index contributed by atoms with van der Waals surface area (Å²) in [6.07, 6.45) is 2.54. The highest BCUT2D eigenvalue weighted by Gasteiger charge is 2.42. The van der Waals surface area contributed by atoms with Crippen molar-refractivity contribution in [3.05, 3.63) is 35.9 Å². The molecule has 1 aromatic carbocycles. The lowest BCUT2D eigenvalue weighted by Crippen LogP contribution is -2.66. The van der Waals surface area contributed by atoms with E-state index in [1.807, 2.05) is 0 Å². The van der Waals surface area contributed by atoms with Crippen molar-refractivity contribution < 1.29 is 0 Å². The first-order valence-electron chi connectivity index (χ1n) is 8.47. The summed E-state index contributed by atoms with van der Waals surface area (Å²) in [7, 11) is 0. The highest BCUT2D eigenvalue weighted by molar-refractivity contribution is 5.26. The maximum absolute atomic E-state index is 3.75. The molecule has 1 aliphatic heterocycles. The Labute approximate surface area is 130 Å². The van der Waals surface area contributed by atoms with E-state index in [4.69, 9.17) is 0 Å². The van der Waals surface area contributed by atoms with Gasteiger partial charge in [-0.15, -0.1) is 0 Å². The first-order valence-corrected chi connectivity index (χ1v) is 8.47. The molecule has 118 valence electrons. The third kappa shape index (κ3) is 3.67. The molecule has 1 fully saturated rings. The Kier molecular flexibility index (Phi) is 5.11. The Hall–Kier alpha value is -0.860. The SMILES string of the molecule is CCC(CC)CN1CC(C)(C)NCC1(C)c1ccccc1. The molecule has 1 aromatic rings. The fraction of sp³-hybridized carbons (Fsp3) is 0.684. The van der Waals surface area contributed by atoms with Crippen LogP contribution in [0.25, 0.3) is 0 Å². The van der Waals surface area contributed by atoms with Crippen molar-refractivity contribution in [2.75, 3.05) is 19.6 Å².